The maximum absolute atomic E-state index is 12.8. The third-order valence-corrected chi connectivity index (χ3v) is 7.44. The number of carbonyl (C=O) groups is 3. The van der Waals surface area contributed by atoms with E-state index >= 15 is 0 Å². The van der Waals surface area contributed by atoms with Crippen molar-refractivity contribution in [1.82, 2.24) is 10.2 Å². The Labute approximate surface area is 206 Å². The van der Waals surface area contributed by atoms with Crippen LogP contribution in [0.3, 0.4) is 0 Å². The highest BCUT2D eigenvalue weighted by Crippen LogP contribution is 2.44. The number of carboxylic acid groups (broad SMARTS) is 1. The smallest absolute Gasteiger partial charge is 0.407 e. The van der Waals surface area contributed by atoms with Crippen molar-refractivity contribution in [2.24, 2.45) is 17.8 Å². The Morgan fingerprint density at radius 1 is 1.09 bits per heavy atom. The number of fused-ring (bicyclic) bond motifs is 3. The van der Waals surface area contributed by atoms with Gasteiger partial charge in [0.05, 0.1) is 5.92 Å². The Kier molecular flexibility index (Phi) is 7.73. The number of piperidine rings is 1. The van der Waals surface area contributed by atoms with Crippen molar-refractivity contribution in [2.45, 2.75) is 39.0 Å². The maximum atomic E-state index is 12.8. The first-order chi connectivity index (χ1) is 16.9. The van der Waals surface area contributed by atoms with Crippen LogP contribution in [0.25, 0.3) is 11.1 Å². The van der Waals surface area contributed by atoms with E-state index in [-0.39, 0.29) is 36.8 Å². The van der Waals surface area contributed by atoms with E-state index in [1.54, 1.807) is 4.90 Å². The topological polar surface area (TPSA) is 95.9 Å². The molecule has 35 heavy (non-hydrogen) atoms. The van der Waals surface area contributed by atoms with Crippen LogP contribution in [0.5, 0.6) is 0 Å². The van der Waals surface area contributed by atoms with Gasteiger partial charge in [0.1, 0.15) is 6.61 Å². The largest absolute Gasteiger partial charge is 0.481 e. The number of ether oxygens (including phenoxy) is 1. The summed E-state index contributed by atoms with van der Waals surface area (Å²) in [6.07, 6.45) is 1.51. The summed E-state index contributed by atoms with van der Waals surface area (Å²) in [5.41, 5.74) is 4.72. The molecule has 3 unspecified atom stereocenters. The molecule has 4 rings (SSSR count). The van der Waals surface area contributed by atoms with Crippen molar-refractivity contribution in [3.63, 3.8) is 0 Å². The summed E-state index contributed by atoms with van der Waals surface area (Å²) in [6.45, 7) is 5.36. The van der Waals surface area contributed by atoms with Crippen molar-refractivity contribution in [1.29, 1.82) is 0 Å². The van der Waals surface area contributed by atoms with Crippen LogP contribution in [-0.4, -0.2) is 54.2 Å². The lowest BCUT2D eigenvalue weighted by atomic mass is 9.86. The van der Waals surface area contributed by atoms with Gasteiger partial charge in [-0.05, 0) is 47.4 Å². The van der Waals surface area contributed by atoms with E-state index in [1.807, 2.05) is 38.1 Å². The average molecular weight is 479 g/mol. The van der Waals surface area contributed by atoms with Crippen molar-refractivity contribution in [2.75, 3.05) is 26.2 Å². The number of benzene rings is 2. The zero-order chi connectivity index (χ0) is 24.9. The molecular formula is C28H34N2O5. The van der Waals surface area contributed by atoms with Crippen LogP contribution >= 0.6 is 0 Å². The van der Waals surface area contributed by atoms with Gasteiger partial charge in [-0.25, -0.2) is 4.79 Å². The van der Waals surface area contributed by atoms with Gasteiger partial charge in [0.25, 0.3) is 0 Å². The second-order valence-corrected chi connectivity index (χ2v) is 9.79. The normalized spacial score (nSPS) is 20.0. The zero-order valence-corrected chi connectivity index (χ0v) is 20.4. The molecule has 186 valence electrons. The highest BCUT2D eigenvalue weighted by molar-refractivity contribution is 5.80. The lowest BCUT2D eigenvalue weighted by Gasteiger charge is -2.36. The molecule has 0 aromatic heterocycles. The number of carbonyl (C=O) groups excluding carboxylic acids is 2. The number of nitrogens with one attached hydrogen (secondary N) is 1. The monoisotopic (exact) mass is 478 g/mol. The molecule has 1 aliphatic carbocycles. The van der Waals surface area contributed by atoms with Gasteiger partial charge in [-0.3, -0.25) is 9.59 Å². The molecule has 2 N–H and O–H groups in total. The summed E-state index contributed by atoms with van der Waals surface area (Å²) in [5.74, 6) is -1.47. The number of hydrogen-bond donors (Lipinski definition) is 2. The lowest BCUT2D eigenvalue weighted by Crippen LogP contribution is -2.47. The second-order valence-electron chi connectivity index (χ2n) is 9.79. The van der Waals surface area contributed by atoms with E-state index in [4.69, 9.17) is 4.74 Å². The minimum absolute atomic E-state index is 0.00992. The van der Waals surface area contributed by atoms with E-state index in [0.29, 0.717) is 32.4 Å². The van der Waals surface area contributed by atoms with Crippen molar-refractivity contribution < 1.29 is 24.2 Å². The molecule has 2 amide bonds. The predicted molar refractivity (Wildman–Crippen MR) is 133 cm³/mol. The van der Waals surface area contributed by atoms with Gasteiger partial charge in [-0.2, -0.15) is 0 Å². The number of likely N-dealkylation sites (tertiary alicyclic amines) is 1. The van der Waals surface area contributed by atoms with Crippen molar-refractivity contribution in [3.05, 3.63) is 59.7 Å². The van der Waals surface area contributed by atoms with Gasteiger partial charge >= 0.3 is 12.1 Å². The minimum atomic E-state index is -0.838. The molecule has 7 heteroatoms. The number of alkyl carbamates (subject to hydrolysis) is 1. The Balaban J connectivity index is 1.20. The SMILES string of the molecule is CC(CCCNC(=O)OCC1c2ccccc2-c2ccccc21)C(=O)N1CCC(C)C(C(=O)O)C1. The number of aliphatic carboxylic acids is 1. The summed E-state index contributed by atoms with van der Waals surface area (Å²) in [6, 6.07) is 16.4. The standard InChI is InChI=1S/C28H34N2O5/c1-18-13-15-30(16-24(18)27(32)33)26(31)19(2)8-7-14-29-28(34)35-17-25-22-11-5-3-9-20(22)21-10-4-6-12-23(21)25/h3-6,9-12,18-19,24-25H,7-8,13-17H2,1-2H3,(H,29,34)(H,32,33). The molecule has 1 aliphatic heterocycles. The fourth-order valence-corrected chi connectivity index (χ4v) is 5.27. The molecule has 0 saturated carbocycles. The minimum Gasteiger partial charge on any atom is -0.481 e. The fourth-order valence-electron chi connectivity index (χ4n) is 5.27. The molecule has 0 spiro atoms. The molecule has 2 aliphatic rings. The van der Waals surface area contributed by atoms with E-state index < -0.39 is 18.0 Å². The summed E-state index contributed by atoms with van der Waals surface area (Å²) in [4.78, 5) is 38.2. The zero-order valence-electron chi connectivity index (χ0n) is 20.4. The molecule has 0 bridgehead atoms. The molecule has 0 radical (unpaired) electrons. The Hall–Kier alpha value is -3.35. The van der Waals surface area contributed by atoms with E-state index in [1.165, 1.54) is 22.3 Å². The first kappa shape index (κ1) is 24.8. The first-order valence-corrected chi connectivity index (χ1v) is 12.5. The maximum Gasteiger partial charge on any atom is 0.407 e. The summed E-state index contributed by atoms with van der Waals surface area (Å²) < 4.78 is 5.55. The first-order valence-electron chi connectivity index (χ1n) is 12.5. The predicted octanol–water partition coefficient (Wildman–Crippen LogP) is 4.51. The van der Waals surface area contributed by atoms with Crippen LogP contribution in [0, 0.1) is 17.8 Å². The van der Waals surface area contributed by atoms with Crippen LogP contribution in [0.1, 0.15) is 50.2 Å². The second kappa shape index (κ2) is 10.9. The van der Waals surface area contributed by atoms with E-state index in [9.17, 15) is 19.5 Å². The lowest BCUT2D eigenvalue weighted by molar-refractivity contribution is -0.149. The van der Waals surface area contributed by atoms with Crippen LogP contribution in [-0.2, 0) is 14.3 Å². The molecule has 7 nitrogen and oxygen atoms in total. The van der Waals surface area contributed by atoms with Gasteiger partial charge in [0.15, 0.2) is 0 Å². The van der Waals surface area contributed by atoms with Crippen LogP contribution in [0.2, 0.25) is 0 Å². The molecule has 1 fully saturated rings. The molecule has 1 saturated heterocycles. The molecule has 2 aromatic carbocycles. The fraction of sp³-hybridized carbons (Fsp3) is 0.464. The van der Waals surface area contributed by atoms with Gasteiger partial charge in [-0.1, -0.05) is 62.4 Å². The Morgan fingerprint density at radius 2 is 1.71 bits per heavy atom. The van der Waals surface area contributed by atoms with E-state index in [0.717, 1.165) is 0 Å². The van der Waals surface area contributed by atoms with Crippen LogP contribution in [0.15, 0.2) is 48.5 Å². The van der Waals surface area contributed by atoms with E-state index in [2.05, 4.69) is 29.6 Å². The number of carboxylic acids is 1. The number of rotatable bonds is 8. The average Bonchev–Trinajstić information content (AvgIpc) is 3.18. The Morgan fingerprint density at radius 3 is 2.34 bits per heavy atom. The molecule has 3 atom stereocenters. The molecule has 1 heterocycles. The van der Waals surface area contributed by atoms with Gasteiger partial charge in [-0.15, -0.1) is 0 Å². The summed E-state index contributed by atoms with van der Waals surface area (Å²) >= 11 is 0. The summed E-state index contributed by atoms with van der Waals surface area (Å²) in [5, 5.41) is 12.2. The quantitative estimate of drug-likeness (QED) is 0.544. The van der Waals surface area contributed by atoms with Crippen molar-refractivity contribution >= 4 is 18.0 Å². The third-order valence-electron chi connectivity index (χ3n) is 7.44. The van der Waals surface area contributed by atoms with Crippen LogP contribution < -0.4 is 5.32 Å². The highest BCUT2D eigenvalue weighted by Gasteiger charge is 2.34. The highest BCUT2D eigenvalue weighted by atomic mass is 16.5. The van der Waals surface area contributed by atoms with Crippen molar-refractivity contribution in [3.8, 4) is 11.1 Å². The Bertz CT molecular complexity index is 1040. The summed E-state index contributed by atoms with van der Waals surface area (Å²) in [7, 11) is 0. The van der Waals surface area contributed by atoms with Gasteiger partial charge in [0.2, 0.25) is 5.91 Å². The number of hydrogen-bond acceptors (Lipinski definition) is 4. The van der Waals surface area contributed by atoms with Crippen LogP contribution in [0.4, 0.5) is 4.79 Å². The van der Waals surface area contributed by atoms with Gasteiger partial charge in [0, 0.05) is 31.5 Å². The molecular weight excluding hydrogens is 444 g/mol. The molecule has 2 aromatic rings. The van der Waals surface area contributed by atoms with Gasteiger partial charge < -0.3 is 20.1 Å². The third kappa shape index (κ3) is 5.50. The number of nitrogens with zero attached hydrogens (tertiary/aromatic N) is 1. The number of amides is 2.